The van der Waals surface area contributed by atoms with Crippen molar-refractivity contribution < 1.29 is 0 Å². The first-order chi connectivity index (χ1) is 67.1. The molecule has 0 unspecified atom stereocenters. The Morgan fingerprint density at radius 2 is 0.356 bits per heavy atom. The number of rotatable bonds is 3. The molecular formula is C132H75N3. The van der Waals surface area contributed by atoms with Crippen LogP contribution in [0.5, 0.6) is 0 Å². The van der Waals surface area contributed by atoms with Crippen LogP contribution in [0.3, 0.4) is 0 Å². The summed E-state index contributed by atoms with van der Waals surface area (Å²) in [5, 5.41) is 47.3. The van der Waals surface area contributed by atoms with Crippen LogP contribution in [-0.4, -0.2) is 13.7 Å². The minimum atomic E-state index is 1.20. The maximum absolute atomic E-state index is 2.50. The van der Waals surface area contributed by atoms with Crippen molar-refractivity contribution in [2.45, 2.75) is 0 Å². The van der Waals surface area contributed by atoms with Gasteiger partial charge in [0.25, 0.3) is 0 Å². The molecule has 0 bridgehead atoms. The molecule has 0 saturated carbocycles. The fourth-order valence-electron chi connectivity index (χ4n) is 25.5. The summed E-state index contributed by atoms with van der Waals surface area (Å²) >= 11 is 0. The van der Waals surface area contributed by atoms with Crippen LogP contribution in [-0.2, 0) is 0 Å². The maximum Gasteiger partial charge on any atom is 0.0547 e. The van der Waals surface area contributed by atoms with Gasteiger partial charge in [0.2, 0.25) is 0 Å². The molecule has 0 saturated heterocycles. The van der Waals surface area contributed by atoms with Crippen molar-refractivity contribution in [1.29, 1.82) is 0 Å². The first kappa shape index (κ1) is 73.1. The third-order valence-corrected chi connectivity index (χ3v) is 30.9. The summed E-state index contributed by atoms with van der Waals surface area (Å²) in [7, 11) is 0. The van der Waals surface area contributed by atoms with Crippen molar-refractivity contribution in [2.75, 3.05) is 0 Å². The van der Waals surface area contributed by atoms with Gasteiger partial charge in [-0.25, -0.2) is 0 Å². The molecule has 3 aliphatic carbocycles. The minimum absolute atomic E-state index is 1.20. The van der Waals surface area contributed by atoms with Gasteiger partial charge in [-0.2, -0.15) is 0 Å². The Kier molecular flexibility index (Phi) is 14.8. The highest BCUT2D eigenvalue weighted by molar-refractivity contribution is 6.39. The molecule has 0 spiro atoms. The van der Waals surface area contributed by atoms with Gasteiger partial charge in [0.15, 0.2) is 0 Å². The molecule has 0 atom stereocenters. The number of hydrogen-bond acceptors (Lipinski definition) is 0. The van der Waals surface area contributed by atoms with Gasteiger partial charge < -0.3 is 13.7 Å². The molecule has 3 nitrogen and oxygen atoms in total. The van der Waals surface area contributed by atoms with E-state index in [0.717, 1.165) is 0 Å². The van der Waals surface area contributed by atoms with Crippen molar-refractivity contribution in [2.24, 2.45) is 0 Å². The molecule has 33 rings (SSSR count). The SMILES string of the molecule is c1cc2c3c(cccc3c1)-c1cc(-n3c4ccccc4c4c5ccc6c7ccccc7c7ccccc7c6c5ccc43)ccc1-2.c1ccc2c(c1)-c1cccc3c(-n4c5ccccc5c5c6ccc7c8ccccc8c8ccccc8c7c6ccc54)ccc-2c13.c1ccc2c(c1)-c1cccc3cc(-n4c5ccccc5c5c6ccc7c8ccccc8c8ccccc8c7c6ccc54)cc-2c13. The van der Waals surface area contributed by atoms with Gasteiger partial charge in [-0.1, -0.05) is 388 Å². The van der Waals surface area contributed by atoms with Gasteiger partial charge in [0.1, 0.15) is 0 Å². The zero-order valence-electron chi connectivity index (χ0n) is 73.1. The van der Waals surface area contributed by atoms with E-state index in [1.54, 1.807) is 0 Å². The first-order valence-electron chi connectivity index (χ1n) is 47.1. The minimum Gasteiger partial charge on any atom is -0.309 e. The van der Waals surface area contributed by atoms with Gasteiger partial charge in [-0.3, -0.25) is 0 Å². The van der Waals surface area contributed by atoms with Gasteiger partial charge in [-0.05, 0) is 290 Å². The molecule has 135 heavy (non-hydrogen) atoms. The summed E-state index contributed by atoms with van der Waals surface area (Å²) < 4.78 is 7.45. The van der Waals surface area contributed by atoms with Gasteiger partial charge in [0, 0.05) is 49.1 Å². The predicted octanol–water partition coefficient (Wildman–Crippen LogP) is 36.6. The number of hydrogen-bond donors (Lipinski definition) is 0. The van der Waals surface area contributed by atoms with E-state index in [1.807, 2.05) is 0 Å². The average Bonchev–Trinajstić information content (AvgIpc) is 1.61. The molecule has 0 fully saturated rings. The van der Waals surface area contributed by atoms with E-state index in [4.69, 9.17) is 0 Å². The summed E-state index contributed by atoms with van der Waals surface area (Å²) in [5.74, 6) is 0. The lowest BCUT2D eigenvalue weighted by Gasteiger charge is -2.15. The Balaban J connectivity index is 0.0000000945. The van der Waals surface area contributed by atoms with Crippen LogP contribution in [0.4, 0.5) is 0 Å². The van der Waals surface area contributed by atoms with Crippen LogP contribution >= 0.6 is 0 Å². The normalized spacial score (nSPS) is 12.4. The van der Waals surface area contributed by atoms with Gasteiger partial charge in [0.05, 0.1) is 38.8 Å². The molecule has 0 radical (unpaired) electrons. The Bertz CT molecular complexity index is 10500. The third-order valence-electron chi connectivity index (χ3n) is 30.9. The zero-order chi connectivity index (χ0) is 87.7. The van der Waals surface area contributed by atoms with Crippen LogP contribution in [0.25, 0.3) is 311 Å². The lowest BCUT2D eigenvalue weighted by molar-refractivity contribution is 1.18. The van der Waals surface area contributed by atoms with Crippen LogP contribution in [0, 0.1) is 0 Å². The van der Waals surface area contributed by atoms with Crippen molar-refractivity contribution >= 4 is 227 Å². The van der Waals surface area contributed by atoms with Crippen molar-refractivity contribution in [3.05, 3.63) is 455 Å². The number of benzene rings is 27. The van der Waals surface area contributed by atoms with E-state index in [0.29, 0.717) is 0 Å². The lowest BCUT2D eigenvalue weighted by atomic mass is 9.90. The monoisotopic (exact) mass is 1700 g/mol. The molecule has 3 aliphatic rings. The Morgan fingerprint density at radius 3 is 0.785 bits per heavy atom. The average molecular weight is 1700 g/mol. The number of fused-ring (bicyclic) bond motifs is 45. The van der Waals surface area contributed by atoms with Crippen molar-refractivity contribution in [3.8, 4) is 83.8 Å². The van der Waals surface area contributed by atoms with Crippen LogP contribution in [0.15, 0.2) is 455 Å². The fraction of sp³-hybridized carbons (Fsp3) is 0. The van der Waals surface area contributed by atoms with Crippen LogP contribution in [0.1, 0.15) is 0 Å². The van der Waals surface area contributed by atoms with E-state index >= 15 is 0 Å². The molecule has 3 heteroatoms. The summed E-state index contributed by atoms with van der Waals surface area (Å²) in [6.45, 7) is 0. The second-order valence-corrected chi connectivity index (χ2v) is 37.2. The summed E-state index contributed by atoms with van der Waals surface area (Å²) in [6, 6.07) is 169. The topological polar surface area (TPSA) is 14.8 Å². The molecule has 0 N–H and O–H groups in total. The molecule has 0 aliphatic heterocycles. The fourth-order valence-corrected chi connectivity index (χ4v) is 25.5. The molecule has 3 aromatic heterocycles. The second-order valence-electron chi connectivity index (χ2n) is 37.2. The molecule has 618 valence electrons. The standard InChI is InChI=1S/3C44H25N/c1-2-13-30-28(11-1)29-12-3-4-14-33(29)43-35(30)21-22-37-36(43)23-24-41-44(37)38-15-5-6-18-40(38)45(41)27-19-20-31-32-16-7-9-26-10-8-17-34(42(26)32)39(31)25-27;1-2-13-30-28(11-1)29-12-5-6-16-34(29)43-35(30)20-21-37-36(43)22-23-41-44(37)38-17-7-8-19-40(38)45(41)27-24-26-10-9-18-33-31-14-3-4-15-32(31)39(25-27)42(26)33;1-2-12-28-26(10-1)27-11-5-6-15-31(27)42-33(28)20-21-36-35(42)23-25-41-44(36)38-16-7-8-19-39(38)45(41)40-24-22-34-30-14-4-3-13-29(30)32-17-9-18-37(40)43(32)34/h3*1-25H. The molecule has 27 aromatic carbocycles. The molecule has 30 aromatic rings. The Morgan fingerprint density at radius 1 is 0.104 bits per heavy atom. The van der Waals surface area contributed by atoms with Gasteiger partial charge in [-0.15, -0.1) is 0 Å². The summed E-state index contributed by atoms with van der Waals surface area (Å²) in [4.78, 5) is 0. The van der Waals surface area contributed by atoms with E-state index < -0.39 is 0 Å². The van der Waals surface area contributed by atoms with Crippen LogP contribution < -0.4 is 0 Å². The second kappa shape index (κ2) is 27.4. The summed E-state index contributed by atoms with van der Waals surface area (Å²) in [6.07, 6.45) is 0. The van der Waals surface area contributed by atoms with Crippen molar-refractivity contribution in [3.63, 3.8) is 0 Å². The Hall–Kier alpha value is -17.8. The van der Waals surface area contributed by atoms with E-state index in [-0.39, 0.29) is 0 Å². The molecular weight excluding hydrogens is 1630 g/mol. The first-order valence-corrected chi connectivity index (χ1v) is 47.1. The largest absolute Gasteiger partial charge is 0.309 e. The zero-order valence-corrected chi connectivity index (χ0v) is 73.1. The molecule has 0 amide bonds. The van der Waals surface area contributed by atoms with Gasteiger partial charge >= 0.3 is 0 Å². The highest BCUT2D eigenvalue weighted by Gasteiger charge is 2.30. The Labute approximate surface area is 773 Å². The van der Waals surface area contributed by atoms with Crippen LogP contribution in [0.2, 0.25) is 0 Å². The maximum atomic E-state index is 2.50. The lowest BCUT2D eigenvalue weighted by Crippen LogP contribution is -1.96. The molecule has 3 heterocycles. The van der Waals surface area contributed by atoms with E-state index in [1.165, 1.54) is 311 Å². The predicted molar refractivity (Wildman–Crippen MR) is 578 cm³/mol. The summed E-state index contributed by atoms with van der Waals surface area (Å²) in [5.41, 5.74) is 27.0. The van der Waals surface area contributed by atoms with E-state index in [2.05, 4.69) is 469 Å². The third kappa shape index (κ3) is 9.91. The number of aromatic nitrogens is 3. The number of para-hydroxylation sites is 3. The smallest absolute Gasteiger partial charge is 0.0547 e. The highest BCUT2D eigenvalue weighted by Crippen LogP contribution is 2.56. The van der Waals surface area contributed by atoms with E-state index in [9.17, 15) is 0 Å². The number of nitrogens with zero attached hydrogens (tertiary/aromatic N) is 3. The van der Waals surface area contributed by atoms with Crippen molar-refractivity contribution in [1.82, 2.24) is 13.7 Å². The highest BCUT2D eigenvalue weighted by atomic mass is 15.0. The quantitative estimate of drug-likeness (QED) is 0.157.